The Morgan fingerprint density at radius 2 is 1.90 bits per heavy atom. The monoisotopic (exact) mass is 434 g/mol. The molecule has 0 bridgehead atoms. The molecule has 0 spiro atoms. The molecular weight excluding hydrogens is 412 g/mol. The van der Waals surface area contributed by atoms with Gasteiger partial charge in [0, 0.05) is 28.9 Å². The number of hydrogen-bond acceptors (Lipinski definition) is 5. The molecule has 4 rings (SSSR count). The SMILES string of the molecule is Clc1cc(OCC2COCCO2)cc(-c2ccc(C#CCNc3ccccc3)cc2)n1. The number of nitrogens with zero attached hydrogens (tertiary/aromatic N) is 1. The van der Waals surface area contributed by atoms with Gasteiger partial charge in [-0.1, -0.05) is 53.8 Å². The van der Waals surface area contributed by atoms with Crippen molar-refractivity contribution in [1.82, 2.24) is 4.98 Å². The fourth-order valence-electron chi connectivity index (χ4n) is 3.10. The number of benzene rings is 2. The molecule has 0 radical (unpaired) electrons. The molecule has 5 nitrogen and oxygen atoms in total. The number of pyridine rings is 1. The van der Waals surface area contributed by atoms with E-state index in [2.05, 4.69) is 22.1 Å². The Kier molecular flexibility index (Phi) is 7.41. The average Bonchev–Trinajstić information content (AvgIpc) is 2.82. The molecule has 0 aliphatic carbocycles. The van der Waals surface area contributed by atoms with Crippen molar-refractivity contribution in [2.75, 3.05) is 38.3 Å². The standard InChI is InChI=1S/C25H23ClN2O3/c26-25-16-22(31-18-23-17-29-13-14-30-23)15-24(28-25)20-10-8-19(9-11-20)5-4-12-27-21-6-2-1-3-7-21/h1-3,6-11,15-16,23,27H,12-14,17-18H2. The van der Waals surface area contributed by atoms with Gasteiger partial charge in [-0.25, -0.2) is 4.98 Å². The molecule has 1 N–H and O–H groups in total. The average molecular weight is 435 g/mol. The van der Waals surface area contributed by atoms with E-state index in [-0.39, 0.29) is 6.10 Å². The van der Waals surface area contributed by atoms with Gasteiger partial charge in [-0.05, 0) is 24.3 Å². The molecule has 1 unspecified atom stereocenters. The molecule has 1 fully saturated rings. The highest BCUT2D eigenvalue weighted by atomic mass is 35.5. The molecule has 3 aromatic rings. The number of hydrogen-bond donors (Lipinski definition) is 1. The van der Waals surface area contributed by atoms with Crippen LogP contribution in [0.25, 0.3) is 11.3 Å². The molecule has 0 saturated carbocycles. The summed E-state index contributed by atoms with van der Waals surface area (Å²) in [4.78, 5) is 4.42. The van der Waals surface area contributed by atoms with E-state index in [9.17, 15) is 0 Å². The van der Waals surface area contributed by atoms with Crippen LogP contribution in [0.3, 0.4) is 0 Å². The molecule has 2 heterocycles. The normalized spacial score (nSPS) is 15.6. The van der Waals surface area contributed by atoms with Gasteiger partial charge in [0.1, 0.15) is 23.6 Å². The predicted octanol–water partition coefficient (Wildman–Crippen LogP) is 4.66. The number of para-hydroxylation sites is 1. The van der Waals surface area contributed by atoms with E-state index in [1.807, 2.05) is 60.7 Å². The number of ether oxygens (including phenoxy) is 3. The third kappa shape index (κ3) is 6.47. The summed E-state index contributed by atoms with van der Waals surface area (Å²) < 4.78 is 16.9. The van der Waals surface area contributed by atoms with Crippen LogP contribution in [0.15, 0.2) is 66.7 Å². The summed E-state index contributed by atoms with van der Waals surface area (Å²) in [6.45, 7) is 2.75. The lowest BCUT2D eigenvalue weighted by atomic mass is 10.1. The van der Waals surface area contributed by atoms with Crippen molar-refractivity contribution >= 4 is 17.3 Å². The predicted molar refractivity (Wildman–Crippen MR) is 123 cm³/mol. The molecule has 0 amide bonds. The first-order chi connectivity index (χ1) is 15.3. The Labute approximate surface area is 187 Å². The number of nitrogens with one attached hydrogen (secondary N) is 1. The Morgan fingerprint density at radius 3 is 2.68 bits per heavy atom. The van der Waals surface area contributed by atoms with Gasteiger partial charge in [0.05, 0.1) is 32.1 Å². The van der Waals surface area contributed by atoms with Crippen LogP contribution in [0.2, 0.25) is 5.15 Å². The Bertz CT molecular complexity index is 1040. The van der Waals surface area contributed by atoms with Gasteiger partial charge >= 0.3 is 0 Å². The maximum absolute atomic E-state index is 6.21. The summed E-state index contributed by atoms with van der Waals surface area (Å²) >= 11 is 6.21. The number of anilines is 1. The highest BCUT2D eigenvalue weighted by Crippen LogP contribution is 2.26. The van der Waals surface area contributed by atoms with Crippen LogP contribution >= 0.6 is 11.6 Å². The lowest BCUT2D eigenvalue weighted by molar-refractivity contribution is -0.101. The number of aromatic nitrogens is 1. The minimum atomic E-state index is -0.0709. The molecule has 158 valence electrons. The highest BCUT2D eigenvalue weighted by molar-refractivity contribution is 6.29. The summed E-state index contributed by atoms with van der Waals surface area (Å²) in [6.07, 6.45) is -0.0709. The van der Waals surface area contributed by atoms with Crippen molar-refractivity contribution in [3.63, 3.8) is 0 Å². The molecule has 1 aliphatic rings. The molecule has 1 atom stereocenters. The van der Waals surface area contributed by atoms with Gasteiger partial charge in [0.25, 0.3) is 0 Å². The third-order valence-corrected chi connectivity index (χ3v) is 4.85. The van der Waals surface area contributed by atoms with E-state index >= 15 is 0 Å². The second-order valence-corrected chi connectivity index (χ2v) is 7.38. The molecule has 1 saturated heterocycles. The third-order valence-electron chi connectivity index (χ3n) is 4.66. The second-order valence-electron chi connectivity index (χ2n) is 6.99. The molecule has 1 aromatic heterocycles. The van der Waals surface area contributed by atoms with E-state index in [4.69, 9.17) is 25.8 Å². The quantitative estimate of drug-likeness (QED) is 0.451. The van der Waals surface area contributed by atoms with Crippen molar-refractivity contribution in [3.8, 4) is 28.8 Å². The van der Waals surface area contributed by atoms with Crippen molar-refractivity contribution in [3.05, 3.63) is 77.4 Å². The Hall–Kier alpha value is -3.04. The lowest BCUT2D eigenvalue weighted by Crippen LogP contribution is -2.33. The lowest BCUT2D eigenvalue weighted by Gasteiger charge is -2.23. The van der Waals surface area contributed by atoms with Gasteiger partial charge in [-0.3, -0.25) is 0 Å². The van der Waals surface area contributed by atoms with E-state index < -0.39 is 0 Å². The summed E-state index contributed by atoms with van der Waals surface area (Å²) in [5.41, 5.74) is 3.68. The van der Waals surface area contributed by atoms with Gasteiger partial charge in [0.2, 0.25) is 0 Å². The minimum absolute atomic E-state index is 0.0709. The minimum Gasteiger partial charge on any atom is -0.491 e. The van der Waals surface area contributed by atoms with Crippen LogP contribution in [0.5, 0.6) is 5.75 Å². The van der Waals surface area contributed by atoms with E-state index in [0.29, 0.717) is 43.9 Å². The van der Waals surface area contributed by atoms with Gasteiger partial charge in [-0.2, -0.15) is 0 Å². The van der Waals surface area contributed by atoms with E-state index in [0.717, 1.165) is 22.5 Å². The molecule has 2 aromatic carbocycles. The first-order valence-electron chi connectivity index (χ1n) is 10.1. The molecular formula is C25H23ClN2O3. The van der Waals surface area contributed by atoms with E-state index in [1.54, 1.807) is 6.07 Å². The van der Waals surface area contributed by atoms with Crippen molar-refractivity contribution in [2.45, 2.75) is 6.10 Å². The van der Waals surface area contributed by atoms with Crippen LogP contribution in [0, 0.1) is 11.8 Å². The second kappa shape index (κ2) is 10.8. The van der Waals surface area contributed by atoms with Crippen LogP contribution < -0.4 is 10.1 Å². The summed E-state index contributed by atoms with van der Waals surface area (Å²) in [5, 5.41) is 3.65. The maximum Gasteiger partial charge on any atom is 0.133 e. The van der Waals surface area contributed by atoms with Crippen molar-refractivity contribution in [1.29, 1.82) is 0 Å². The smallest absolute Gasteiger partial charge is 0.133 e. The Balaban J connectivity index is 1.37. The fourth-order valence-corrected chi connectivity index (χ4v) is 3.30. The first-order valence-corrected chi connectivity index (χ1v) is 10.5. The number of halogens is 1. The number of rotatable bonds is 6. The highest BCUT2D eigenvalue weighted by Gasteiger charge is 2.15. The summed E-state index contributed by atoms with van der Waals surface area (Å²) in [5.74, 6) is 6.95. The molecule has 1 aliphatic heterocycles. The summed E-state index contributed by atoms with van der Waals surface area (Å²) in [6, 6.07) is 21.5. The van der Waals surface area contributed by atoms with Crippen LogP contribution in [-0.4, -0.2) is 44.1 Å². The van der Waals surface area contributed by atoms with Crippen molar-refractivity contribution in [2.24, 2.45) is 0 Å². The summed E-state index contributed by atoms with van der Waals surface area (Å²) in [7, 11) is 0. The zero-order valence-corrected chi connectivity index (χ0v) is 17.8. The van der Waals surface area contributed by atoms with Crippen molar-refractivity contribution < 1.29 is 14.2 Å². The van der Waals surface area contributed by atoms with Gasteiger partial charge in [0.15, 0.2) is 0 Å². The Morgan fingerprint density at radius 1 is 1.06 bits per heavy atom. The topological polar surface area (TPSA) is 52.6 Å². The zero-order valence-electron chi connectivity index (χ0n) is 17.0. The molecule has 6 heteroatoms. The van der Waals surface area contributed by atoms with E-state index in [1.165, 1.54) is 0 Å². The van der Waals surface area contributed by atoms with Crippen LogP contribution in [0.1, 0.15) is 5.56 Å². The maximum atomic E-state index is 6.21. The largest absolute Gasteiger partial charge is 0.491 e. The molecule has 31 heavy (non-hydrogen) atoms. The van der Waals surface area contributed by atoms with Gasteiger partial charge < -0.3 is 19.5 Å². The van der Waals surface area contributed by atoms with Crippen LogP contribution in [0.4, 0.5) is 5.69 Å². The van der Waals surface area contributed by atoms with Crippen LogP contribution in [-0.2, 0) is 9.47 Å². The fraction of sp³-hybridized carbons (Fsp3) is 0.240. The zero-order chi connectivity index (χ0) is 21.3. The first kappa shape index (κ1) is 21.2. The van der Waals surface area contributed by atoms with Gasteiger partial charge in [-0.15, -0.1) is 0 Å².